The lowest BCUT2D eigenvalue weighted by Gasteiger charge is -2.26. The number of hydrogen-bond acceptors (Lipinski definition) is 6. The molecule has 0 spiro atoms. The van der Waals surface area contributed by atoms with Gasteiger partial charge in [-0.05, 0) is 18.9 Å². The first-order valence-electron chi connectivity index (χ1n) is 6.93. The molecule has 2 rings (SSSR count). The number of methoxy groups -OCH3 is 2. The lowest BCUT2D eigenvalue weighted by molar-refractivity contribution is 0.366. The molecule has 0 aromatic heterocycles. The van der Waals surface area contributed by atoms with Crippen molar-refractivity contribution in [3.05, 3.63) is 17.7 Å². The van der Waals surface area contributed by atoms with E-state index in [1.54, 1.807) is 12.1 Å². The monoisotopic (exact) mass is 325 g/mol. The van der Waals surface area contributed by atoms with Crippen LogP contribution < -0.4 is 9.47 Å². The number of rotatable bonds is 5. The highest BCUT2D eigenvalue weighted by atomic mass is 32.2. The van der Waals surface area contributed by atoms with Crippen LogP contribution in [0, 0.1) is 0 Å². The smallest absolute Gasteiger partial charge is 0.235 e. The van der Waals surface area contributed by atoms with Crippen LogP contribution in [0.15, 0.2) is 22.0 Å². The van der Waals surface area contributed by atoms with Crippen LogP contribution in [0.4, 0.5) is 0 Å². The summed E-state index contributed by atoms with van der Waals surface area (Å²) in [5.74, 6) is 0.618. The highest BCUT2D eigenvalue weighted by molar-refractivity contribution is 7.90. The van der Waals surface area contributed by atoms with Crippen molar-refractivity contribution in [1.82, 2.24) is 0 Å². The largest absolute Gasteiger partial charge is 0.496 e. The molecule has 0 radical (unpaired) electrons. The highest BCUT2D eigenvalue weighted by Gasteiger charge is 2.39. The van der Waals surface area contributed by atoms with Crippen molar-refractivity contribution in [2.24, 2.45) is 4.99 Å². The van der Waals surface area contributed by atoms with Crippen LogP contribution in [0.2, 0.25) is 0 Å². The van der Waals surface area contributed by atoms with Gasteiger partial charge in [0.25, 0.3) is 0 Å². The van der Waals surface area contributed by atoms with Crippen LogP contribution in [-0.2, 0) is 20.2 Å². The molecule has 0 saturated heterocycles. The van der Waals surface area contributed by atoms with E-state index in [0.717, 1.165) is 19.1 Å². The summed E-state index contributed by atoms with van der Waals surface area (Å²) in [5.41, 5.74) is -0.0451. The first-order chi connectivity index (χ1) is 10.4. The minimum absolute atomic E-state index is 0.0545. The summed E-state index contributed by atoms with van der Waals surface area (Å²) < 4.78 is 34.4. The number of sulfone groups is 1. The molecule has 6 nitrogen and oxygen atoms in total. The lowest BCUT2D eigenvalue weighted by atomic mass is 9.88. The van der Waals surface area contributed by atoms with Gasteiger partial charge in [0.15, 0.2) is 9.84 Å². The van der Waals surface area contributed by atoms with Crippen molar-refractivity contribution >= 4 is 15.9 Å². The maximum atomic E-state index is 11.9. The topological polar surface area (TPSA) is 82.0 Å². The predicted octanol–water partition coefficient (Wildman–Crippen LogP) is 2.21. The van der Waals surface area contributed by atoms with Gasteiger partial charge in [-0.15, -0.1) is 0 Å². The van der Waals surface area contributed by atoms with Crippen LogP contribution in [-0.4, -0.2) is 35.0 Å². The van der Waals surface area contributed by atoms with Crippen molar-refractivity contribution in [2.45, 2.75) is 36.1 Å². The molecular formula is C15H19NO5S. The quantitative estimate of drug-likeness (QED) is 0.612. The normalized spacial score (nSPS) is 16.9. The van der Waals surface area contributed by atoms with Crippen molar-refractivity contribution in [3.8, 4) is 11.5 Å². The second kappa shape index (κ2) is 6.10. The van der Waals surface area contributed by atoms with Gasteiger partial charge in [0, 0.05) is 17.9 Å². The Morgan fingerprint density at radius 2 is 1.73 bits per heavy atom. The zero-order chi connectivity index (χ0) is 16.4. The van der Waals surface area contributed by atoms with Gasteiger partial charge < -0.3 is 9.47 Å². The van der Waals surface area contributed by atoms with Gasteiger partial charge in [0.1, 0.15) is 21.9 Å². The van der Waals surface area contributed by atoms with Gasteiger partial charge in [-0.2, -0.15) is 4.99 Å². The third-order valence-electron chi connectivity index (χ3n) is 4.08. The first-order valence-corrected chi connectivity index (χ1v) is 8.83. The average molecular weight is 325 g/mol. The van der Waals surface area contributed by atoms with E-state index >= 15 is 0 Å². The highest BCUT2D eigenvalue weighted by Crippen LogP contribution is 2.48. The zero-order valence-electron chi connectivity index (χ0n) is 12.9. The Morgan fingerprint density at radius 1 is 1.14 bits per heavy atom. The molecule has 22 heavy (non-hydrogen) atoms. The van der Waals surface area contributed by atoms with Gasteiger partial charge >= 0.3 is 0 Å². The fraction of sp³-hybridized carbons (Fsp3) is 0.533. The summed E-state index contributed by atoms with van der Waals surface area (Å²) in [6.45, 7) is 0. The molecule has 0 atom stereocenters. The van der Waals surface area contributed by atoms with Crippen molar-refractivity contribution in [2.75, 3.05) is 20.5 Å². The maximum Gasteiger partial charge on any atom is 0.235 e. The van der Waals surface area contributed by atoms with Crippen molar-refractivity contribution < 1.29 is 22.7 Å². The van der Waals surface area contributed by atoms with Crippen molar-refractivity contribution in [3.63, 3.8) is 0 Å². The lowest BCUT2D eigenvalue weighted by Crippen LogP contribution is -2.20. The molecule has 1 aromatic rings. The standard InChI is InChI=1S/C15H19NO5S/c1-20-12-9-14(22(3,18)19)13(21-2)8-11(12)15(16-10-17)6-4-5-7-15/h8-9H,4-7H2,1-3H3. The minimum Gasteiger partial charge on any atom is -0.496 e. The number of carbonyl (C=O) groups excluding carboxylic acids is 1. The van der Waals surface area contributed by atoms with Gasteiger partial charge in [-0.25, -0.2) is 13.2 Å². The van der Waals surface area contributed by atoms with E-state index in [0.29, 0.717) is 24.2 Å². The van der Waals surface area contributed by atoms with E-state index in [1.807, 2.05) is 0 Å². The number of hydrogen-bond donors (Lipinski definition) is 0. The number of nitrogens with zero attached hydrogens (tertiary/aromatic N) is 1. The second-order valence-electron chi connectivity index (χ2n) is 5.42. The molecule has 1 fully saturated rings. The van der Waals surface area contributed by atoms with Crippen LogP contribution in [0.25, 0.3) is 0 Å². The van der Waals surface area contributed by atoms with E-state index in [2.05, 4.69) is 4.99 Å². The molecule has 0 amide bonds. The Hall–Kier alpha value is -1.85. The van der Waals surface area contributed by atoms with Crippen LogP contribution in [0.1, 0.15) is 31.2 Å². The molecule has 0 heterocycles. The van der Waals surface area contributed by atoms with Crippen molar-refractivity contribution in [1.29, 1.82) is 0 Å². The molecule has 1 aliphatic carbocycles. The van der Waals surface area contributed by atoms with E-state index in [1.165, 1.54) is 20.3 Å². The van der Waals surface area contributed by atoms with Gasteiger partial charge in [0.2, 0.25) is 6.08 Å². The average Bonchev–Trinajstić information content (AvgIpc) is 2.95. The summed E-state index contributed by atoms with van der Waals surface area (Å²) in [7, 11) is -0.593. The number of isocyanates is 1. The Labute approximate surface area is 130 Å². The van der Waals surface area contributed by atoms with E-state index in [9.17, 15) is 13.2 Å². The third kappa shape index (κ3) is 2.87. The Morgan fingerprint density at radius 3 is 2.18 bits per heavy atom. The van der Waals surface area contributed by atoms with Crippen LogP contribution in [0.5, 0.6) is 11.5 Å². The van der Waals surface area contributed by atoms with E-state index in [4.69, 9.17) is 9.47 Å². The first kappa shape index (κ1) is 16.5. The molecule has 0 bridgehead atoms. The molecule has 7 heteroatoms. The van der Waals surface area contributed by atoms with Crippen LogP contribution in [0.3, 0.4) is 0 Å². The molecule has 1 saturated carbocycles. The van der Waals surface area contributed by atoms with E-state index < -0.39 is 15.4 Å². The number of benzene rings is 1. The molecule has 0 aliphatic heterocycles. The van der Waals surface area contributed by atoms with Gasteiger partial charge in [-0.3, -0.25) is 0 Å². The molecule has 120 valence electrons. The summed E-state index contributed by atoms with van der Waals surface area (Å²) in [4.78, 5) is 14.9. The predicted molar refractivity (Wildman–Crippen MR) is 80.9 cm³/mol. The summed E-state index contributed by atoms with van der Waals surface area (Å²) in [6, 6.07) is 3.05. The minimum atomic E-state index is -3.46. The molecular weight excluding hydrogens is 306 g/mol. The second-order valence-corrected chi connectivity index (χ2v) is 7.40. The summed E-state index contributed by atoms with van der Waals surface area (Å²) in [5, 5.41) is 0. The van der Waals surface area contributed by atoms with Gasteiger partial charge in [-0.1, -0.05) is 12.8 Å². The SMILES string of the molecule is COc1cc(S(C)(=O)=O)c(OC)cc1C1(N=C=O)CCCC1. The molecule has 0 N–H and O–H groups in total. The summed E-state index contributed by atoms with van der Waals surface area (Å²) in [6.07, 6.45) is 6.01. The van der Waals surface area contributed by atoms with Gasteiger partial charge in [0.05, 0.1) is 14.2 Å². The Bertz CT molecular complexity index is 714. The summed E-state index contributed by atoms with van der Waals surface area (Å²) >= 11 is 0. The molecule has 1 aromatic carbocycles. The zero-order valence-corrected chi connectivity index (χ0v) is 13.7. The number of ether oxygens (including phenoxy) is 2. The third-order valence-corrected chi connectivity index (χ3v) is 5.19. The maximum absolute atomic E-state index is 11.9. The van der Waals surface area contributed by atoms with Crippen LogP contribution >= 0.6 is 0 Å². The Balaban J connectivity index is 2.73. The number of aliphatic imine (C=N–C) groups is 1. The Kier molecular flexibility index (Phi) is 4.58. The fourth-order valence-electron chi connectivity index (χ4n) is 3.01. The van der Waals surface area contributed by atoms with E-state index in [-0.39, 0.29) is 10.6 Å². The fourth-order valence-corrected chi connectivity index (χ4v) is 3.84. The molecule has 0 unspecified atom stereocenters. The molecule has 1 aliphatic rings.